The van der Waals surface area contributed by atoms with Crippen LogP contribution in [0.3, 0.4) is 0 Å². The summed E-state index contributed by atoms with van der Waals surface area (Å²) in [6.45, 7) is 0. The highest BCUT2D eigenvalue weighted by Gasteiger charge is 2.53. The van der Waals surface area contributed by atoms with E-state index >= 15 is 0 Å². The van der Waals surface area contributed by atoms with Crippen molar-refractivity contribution < 1.29 is 9.59 Å². The van der Waals surface area contributed by atoms with Gasteiger partial charge in [0.15, 0.2) is 5.82 Å². The van der Waals surface area contributed by atoms with Gasteiger partial charge in [-0.2, -0.15) is 0 Å². The van der Waals surface area contributed by atoms with Gasteiger partial charge >= 0.3 is 0 Å². The highest BCUT2D eigenvalue weighted by molar-refractivity contribution is 9.10. The molecule has 0 atom stereocenters. The summed E-state index contributed by atoms with van der Waals surface area (Å²) in [7, 11) is 0. The number of pyridine rings is 1. The fourth-order valence-electron chi connectivity index (χ4n) is 2.99. The van der Waals surface area contributed by atoms with Gasteiger partial charge in [0.2, 0.25) is 11.8 Å². The molecule has 0 radical (unpaired) electrons. The second-order valence-corrected chi connectivity index (χ2v) is 5.86. The van der Waals surface area contributed by atoms with E-state index < -0.39 is 5.41 Å². The van der Waals surface area contributed by atoms with Crippen molar-refractivity contribution in [1.29, 1.82) is 0 Å². The van der Waals surface area contributed by atoms with Crippen molar-refractivity contribution in [3.8, 4) is 0 Å². The molecule has 2 heterocycles. The summed E-state index contributed by atoms with van der Waals surface area (Å²) in [5.74, 6) is 0.238. The van der Waals surface area contributed by atoms with E-state index in [4.69, 9.17) is 0 Å². The van der Waals surface area contributed by atoms with E-state index in [-0.39, 0.29) is 11.8 Å². The van der Waals surface area contributed by atoms with E-state index in [0.29, 0.717) is 16.7 Å². The van der Waals surface area contributed by atoms with Crippen LogP contribution in [0.25, 0.3) is 0 Å². The third-order valence-electron chi connectivity index (χ3n) is 3.91. The van der Waals surface area contributed by atoms with E-state index in [0.717, 1.165) is 25.7 Å². The van der Waals surface area contributed by atoms with E-state index in [2.05, 4.69) is 20.9 Å². The van der Waals surface area contributed by atoms with Crippen LogP contribution in [0.15, 0.2) is 22.8 Å². The number of carbonyl (C=O) groups excluding carboxylic acids is 2. The van der Waals surface area contributed by atoms with E-state index in [1.54, 1.807) is 18.3 Å². The van der Waals surface area contributed by atoms with Crippen molar-refractivity contribution >= 4 is 33.6 Å². The lowest BCUT2D eigenvalue weighted by Crippen LogP contribution is -2.35. The highest BCUT2D eigenvalue weighted by Crippen LogP contribution is 2.48. The Morgan fingerprint density at radius 3 is 2.67 bits per heavy atom. The predicted molar refractivity (Wildman–Crippen MR) is 69.9 cm³/mol. The number of amides is 2. The molecular formula is C13H13BrN2O2. The molecule has 2 amide bonds. The third-order valence-corrected chi connectivity index (χ3v) is 4.53. The van der Waals surface area contributed by atoms with Crippen molar-refractivity contribution in [3.63, 3.8) is 0 Å². The molecule has 3 rings (SSSR count). The number of aromatic nitrogens is 1. The molecular weight excluding hydrogens is 296 g/mol. The number of hydrogen-bond donors (Lipinski definition) is 0. The topological polar surface area (TPSA) is 50.3 Å². The first kappa shape index (κ1) is 11.8. The monoisotopic (exact) mass is 308 g/mol. The van der Waals surface area contributed by atoms with Crippen LogP contribution in [-0.2, 0) is 9.59 Å². The molecule has 1 spiro atoms. The fraction of sp³-hybridized carbons (Fsp3) is 0.462. The standard InChI is InChI=1S/C13H13BrN2O2/c14-9-4-3-7-15-11(9)16-10(17)8-13(12(16)18)5-1-2-6-13/h3-4,7H,1-2,5-6,8H2. The quantitative estimate of drug-likeness (QED) is 0.749. The van der Waals surface area contributed by atoms with Crippen LogP contribution in [0.2, 0.25) is 0 Å². The van der Waals surface area contributed by atoms with Gasteiger partial charge in [-0.3, -0.25) is 9.59 Å². The predicted octanol–water partition coefficient (Wildman–Crippen LogP) is 2.67. The van der Waals surface area contributed by atoms with Gasteiger partial charge in [0, 0.05) is 12.6 Å². The van der Waals surface area contributed by atoms with Crippen LogP contribution in [0, 0.1) is 5.41 Å². The number of hydrogen-bond acceptors (Lipinski definition) is 3. The van der Waals surface area contributed by atoms with Crippen LogP contribution in [0.4, 0.5) is 5.82 Å². The average molecular weight is 309 g/mol. The first-order valence-electron chi connectivity index (χ1n) is 6.12. The van der Waals surface area contributed by atoms with Gasteiger partial charge in [0.1, 0.15) is 0 Å². The van der Waals surface area contributed by atoms with Crippen molar-refractivity contribution in [1.82, 2.24) is 4.98 Å². The Labute approximate surface area is 114 Å². The molecule has 0 unspecified atom stereocenters. The van der Waals surface area contributed by atoms with E-state index in [1.807, 2.05) is 0 Å². The van der Waals surface area contributed by atoms with Gasteiger partial charge in [-0.25, -0.2) is 9.88 Å². The molecule has 1 aromatic heterocycles. The summed E-state index contributed by atoms with van der Waals surface area (Å²) in [4.78, 5) is 30.1. The first-order valence-corrected chi connectivity index (χ1v) is 6.91. The average Bonchev–Trinajstić information content (AvgIpc) is 2.89. The molecule has 0 bridgehead atoms. The Morgan fingerprint density at radius 1 is 1.28 bits per heavy atom. The highest BCUT2D eigenvalue weighted by atomic mass is 79.9. The zero-order valence-electron chi connectivity index (χ0n) is 9.86. The van der Waals surface area contributed by atoms with Crippen molar-refractivity contribution in [3.05, 3.63) is 22.8 Å². The summed E-state index contributed by atoms with van der Waals surface area (Å²) >= 11 is 3.35. The van der Waals surface area contributed by atoms with Crippen LogP contribution in [0.1, 0.15) is 32.1 Å². The minimum Gasteiger partial charge on any atom is -0.274 e. The van der Waals surface area contributed by atoms with Gasteiger partial charge < -0.3 is 0 Å². The SMILES string of the molecule is O=C1CC2(CCCC2)C(=O)N1c1ncccc1Br. The third kappa shape index (κ3) is 1.61. The molecule has 4 nitrogen and oxygen atoms in total. The number of anilines is 1. The number of imide groups is 1. The van der Waals surface area contributed by atoms with Crippen LogP contribution >= 0.6 is 15.9 Å². The van der Waals surface area contributed by atoms with Gasteiger partial charge in [-0.05, 0) is 40.9 Å². The van der Waals surface area contributed by atoms with E-state index in [1.165, 1.54) is 4.90 Å². The zero-order valence-corrected chi connectivity index (χ0v) is 11.4. The second kappa shape index (κ2) is 4.16. The molecule has 1 aromatic rings. The van der Waals surface area contributed by atoms with Crippen molar-refractivity contribution in [2.75, 3.05) is 4.90 Å². The minimum absolute atomic E-state index is 0.0654. The molecule has 18 heavy (non-hydrogen) atoms. The lowest BCUT2D eigenvalue weighted by atomic mass is 9.84. The molecule has 1 aliphatic carbocycles. The second-order valence-electron chi connectivity index (χ2n) is 5.01. The molecule has 0 N–H and O–H groups in total. The summed E-state index contributed by atoms with van der Waals surface area (Å²) < 4.78 is 0.682. The minimum atomic E-state index is -0.436. The molecule has 2 aliphatic rings. The number of nitrogens with zero attached hydrogens (tertiary/aromatic N) is 2. The number of halogens is 1. The van der Waals surface area contributed by atoms with Crippen molar-refractivity contribution in [2.24, 2.45) is 5.41 Å². The van der Waals surface area contributed by atoms with Gasteiger partial charge in [0.25, 0.3) is 0 Å². The summed E-state index contributed by atoms with van der Waals surface area (Å²) in [6.07, 6.45) is 5.68. The lowest BCUT2D eigenvalue weighted by molar-refractivity contribution is -0.125. The van der Waals surface area contributed by atoms with Crippen LogP contribution in [-0.4, -0.2) is 16.8 Å². The number of carbonyl (C=O) groups is 2. The molecule has 1 saturated carbocycles. The molecule has 5 heteroatoms. The van der Waals surface area contributed by atoms with Crippen LogP contribution < -0.4 is 4.90 Å². The number of rotatable bonds is 1. The molecule has 0 aromatic carbocycles. The maximum atomic E-state index is 12.5. The van der Waals surface area contributed by atoms with Gasteiger partial charge in [0.05, 0.1) is 9.89 Å². The normalized spacial score (nSPS) is 22.2. The summed E-state index contributed by atoms with van der Waals surface area (Å²) in [5, 5.41) is 0. The van der Waals surface area contributed by atoms with Gasteiger partial charge in [-0.1, -0.05) is 12.8 Å². The largest absolute Gasteiger partial charge is 0.274 e. The Kier molecular flexibility index (Phi) is 2.73. The summed E-state index contributed by atoms with van der Waals surface area (Å²) in [6, 6.07) is 3.56. The van der Waals surface area contributed by atoms with Crippen LogP contribution in [0.5, 0.6) is 0 Å². The zero-order chi connectivity index (χ0) is 12.8. The maximum absolute atomic E-state index is 12.5. The van der Waals surface area contributed by atoms with Gasteiger partial charge in [-0.15, -0.1) is 0 Å². The first-order chi connectivity index (χ1) is 8.64. The Balaban J connectivity index is 2.01. The Hall–Kier alpha value is -1.23. The van der Waals surface area contributed by atoms with E-state index in [9.17, 15) is 9.59 Å². The molecule has 94 valence electrons. The Morgan fingerprint density at radius 2 is 2.00 bits per heavy atom. The fourth-order valence-corrected chi connectivity index (χ4v) is 3.43. The molecule has 1 saturated heterocycles. The Bertz CT molecular complexity index is 523. The lowest BCUT2D eigenvalue weighted by Gasteiger charge is -2.20. The van der Waals surface area contributed by atoms with Crippen molar-refractivity contribution in [2.45, 2.75) is 32.1 Å². The smallest absolute Gasteiger partial charge is 0.241 e. The summed E-state index contributed by atoms with van der Waals surface area (Å²) in [5.41, 5.74) is -0.436. The molecule has 2 fully saturated rings. The molecule has 1 aliphatic heterocycles. The maximum Gasteiger partial charge on any atom is 0.241 e.